The zero-order valence-electron chi connectivity index (χ0n) is 11.8. The van der Waals surface area contributed by atoms with Gasteiger partial charge in [0.25, 0.3) is 0 Å². The maximum Gasteiger partial charge on any atom is 0.146 e. The molecular weight excluding hydrogens is 246 g/mol. The van der Waals surface area contributed by atoms with Gasteiger partial charge in [0, 0.05) is 31.2 Å². The molecule has 2 rings (SSSR count). The van der Waals surface area contributed by atoms with Crippen LogP contribution in [0, 0.1) is 18.6 Å². The van der Waals surface area contributed by atoms with Crippen molar-refractivity contribution in [2.75, 3.05) is 18.4 Å². The molecule has 106 valence electrons. The van der Waals surface area contributed by atoms with Crippen LogP contribution in [-0.2, 0) is 0 Å². The number of aryl methyl sites for hydroxylation is 1. The molecule has 1 aliphatic heterocycles. The Hall–Kier alpha value is -1.16. The van der Waals surface area contributed by atoms with Gasteiger partial charge in [0.05, 0.1) is 5.69 Å². The van der Waals surface area contributed by atoms with Gasteiger partial charge in [0.1, 0.15) is 11.6 Å². The van der Waals surface area contributed by atoms with E-state index in [1.807, 2.05) is 0 Å². The highest BCUT2D eigenvalue weighted by Gasteiger charge is 2.21. The third-order valence-electron chi connectivity index (χ3n) is 3.87. The number of hydrogen-bond acceptors (Lipinski definition) is 2. The Morgan fingerprint density at radius 2 is 1.79 bits per heavy atom. The summed E-state index contributed by atoms with van der Waals surface area (Å²) in [5.41, 5.74) is 0.628. The molecule has 0 atom stereocenters. The molecule has 1 heterocycles. The van der Waals surface area contributed by atoms with Crippen LogP contribution in [-0.4, -0.2) is 30.1 Å². The van der Waals surface area contributed by atoms with E-state index < -0.39 is 0 Å². The number of benzene rings is 1. The quantitative estimate of drug-likeness (QED) is 0.901. The zero-order valence-corrected chi connectivity index (χ0v) is 11.8. The third-order valence-corrected chi connectivity index (χ3v) is 3.87. The molecule has 0 amide bonds. The molecule has 19 heavy (non-hydrogen) atoms. The Bertz CT molecular complexity index is 438. The molecule has 0 radical (unpaired) electrons. The second kappa shape index (κ2) is 5.87. The number of nitrogens with zero attached hydrogens (tertiary/aromatic N) is 1. The molecular formula is C15H22F2N2. The molecule has 1 fully saturated rings. The van der Waals surface area contributed by atoms with Gasteiger partial charge in [-0.05, 0) is 45.2 Å². The lowest BCUT2D eigenvalue weighted by Gasteiger charge is -2.35. The van der Waals surface area contributed by atoms with Crippen LogP contribution in [0.3, 0.4) is 0 Å². The number of rotatable bonds is 3. The van der Waals surface area contributed by atoms with E-state index >= 15 is 0 Å². The fourth-order valence-electron chi connectivity index (χ4n) is 2.54. The fraction of sp³-hybridized carbons (Fsp3) is 0.600. The minimum atomic E-state index is -0.370. The largest absolute Gasteiger partial charge is 0.380 e. The predicted molar refractivity (Wildman–Crippen MR) is 74.4 cm³/mol. The molecule has 0 bridgehead atoms. The van der Waals surface area contributed by atoms with Crippen molar-refractivity contribution in [1.82, 2.24) is 4.90 Å². The minimum Gasteiger partial charge on any atom is -0.380 e. The van der Waals surface area contributed by atoms with Gasteiger partial charge in [0.2, 0.25) is 0 Å². The maximum atomic E-state index is 13.8. The van der Waals surface area contributed by atoms with Crippen LogP contribution in [0.15, 0.2) is 12.1 Å². The first-order valence-electron chi connectivity index (χ1n) is 6.93. The van der Waals surface area contributed by atoms with Crippen LogP contribution in [0.4, 0.5) is 14.5 Å². The second-order valence-electron chi connectivity index (χ2n) is 5.63. The van der Waals surface area contributed by atoms with Crippen molar-refractivity contribution < 1.29 is 8.78 Å². The molecule has 2 nitrogen and oxygen atoms in total. The highest BCUT2D eigenvalue weighted by atomic mass is 19.1. The van der Waals surface area contributed by atoms with E-state index in [9.17, 15) is 8.78 Å². The van der Waals surface area contributed by atoms with E-state index in [-0.39, 0.29) is 23.4 Å². The summed E-state index contributed by atoms with van der Waals surface area (Å²) in [7, 11) is 0. The van der Waals surface area contributed by atoms with Gasteiger partial charge in [-0.25, -0.2) is 8.78 Å². The van der Waals surface area contributed by atoms with Crippen LogP contribution >= 0.6 is 0 Å². The number of halogens is 2. The van der Waals surface area contributed by atoms with E-state index in [0.717, 1.165) is 25.9 Å². The van der Waals surface area contributed by atoms with Gasteiger partial charge in [-0.1, -0.05) is 0 Å². The zero-order chi connectivity index (χ0) is 14.0. The van der Waals surface area contributed by atoms with Crippen LogP contribution in [0.2, 0.25) is 0 Å². The summed E-state index contributed by atoms with van der Waals surface area (Å²) in [4.78, 5) is 2.41. The van der Waals surface area contributed by atoms with Gasteiger partial charge >= 0.3 is 0 Å². The second-order valence-corrected chi connectivity index (χ2v) is 5.63. The molecule has 1 aliphatic rings. The molecule has 1 aromatic rings. The van der Waals surface area contributed by atoms with Crippen LogP contribution in [0.1, 0.15) is 32.3 Å². The Balaban J connectivity index is 1.98. The van der Waals surface area contributed by atoms with Crippen molar-refractivity contribution in [3.63, 3.8) is 0 Å². The average molecular weight is 268 g/mol. The van der Waals surface area contributed by atoms with Crippen LogP contribution < -0.4 is 5.32 Å². The van der Waals surface area contributed by atoms with Crippen molar-refractivity contribution in [2.24, 2.45) is 0 Å². The number of piperidine rings is 1. The van der Waals surface area contributed by atoms with E-state index in [0.29, 0.717) is 11.6 Å². The first kappa shape index (κ1) is 14.3. The smallest absolute Gasteiger partial charge is 0.146 e. The molecule has 1 N–H and O–H groups in total. The summed E-state index contributed by atoms with van der Waals surface area (Å²) in [5.74, 6) is -0.728. The lowest BCUT2D eigenvalue weighted by atomic mass is 10.0. The lowest BCUT2D eigenvalue weighted by molar-refractivity contribution is 0.177. The van der Waals surface area contributed by atoms with Crippen LogP contribution in [0.25, 0.3) is 0 Å². The number of likely N-dealkylation sites (tertiary alicyclic amines) is 1. The number of nitrogens with one attached hydrogen (secondary N) is 1. The average Bonchev–Trinajstić information content (AvgIpc) is 2.36. The van der Waals surface area contributed by atoms with Crippen LogP contribution in [0.5, 0.6) is 0 Å². The van der Waals surface area contributed by atoms with Crippen molar-refractivity contribution >= 4 is 5.69 Å². The number of anilines is 1. The lowest BCUT2D eigenvalue weighted by Crippen LogP contribution is -2.42. The fourth-order valence-corrected chi connectivity index (χ4v) is 2.54. The first-order valence-corrected chi connectivity index (χ1v) is 6.93. The Kier molecular flexibility index (Phi) is 4.40. The summed E-state index contributed by atoms with van der Waals surface area (Å²) < 4.78 is 27.2. The van der Waals surface area contributed by atoms with E-state index in [2.05, 4.69) is 24.1 Å². The molecule has 1 aromatic carbocycles. The van der Waals surface area contributed by atoms with E-state index in [1.165, 1.54) is 12.1 Å². The summed E-state index contributed by atoms with van der Waals surface area (Å²) in [6.45, 7) is 7.95. The molecule has 0 aromatic heterocycles. The SMILES string of the molecule is Cc1cc(F)c(NC2CCN(C(C)C)CC2)cc1F. The van der Waals surface area contributed by atoms with E-state index in [1.54, 1.807) is 6.92 Å². The Labute approximate surface area is 113 Å². The molecule has 1 saturated heterocycles. The highest BCUT2D eigenvalue weighted by molar-refractivity contribution is 5.47. The Morgan fingerprint density at radius 3 is 2.37 bits per heavy atom. The summed E-state index contributed by atoms with van der Waals surface area (Å²) in [5, 5.41) is 3.13. The summed E-state index contributed by atoms with van der Waals surface area (Å²) >= 11 is 0. The molecule has 0 unspecified atom stereocenters. The normalized spacial score (nSPS) is 18.0. The first-order chi connectivity index (χ1) is 8.97. The third kappa shape index (κ3) is 3.44. The number of hydrogen-bond donors (Lipinski definition) is 1. The molecule has 0 saturated carbocycles. The predicted octanol–water partition coefficient (Wildman–Crippen LogP) is 3.56. The highest BCUT2D eigenvalue weighted by Crippen LogP contribution is 2.23. The van der Waals surface area contributed by atoms with E-state index in [4.69, 9.17) is 0 Å². The van der Waals surface area contributed by atoms with Gasteiger partial charge in [-0.15, -0.1) is 0 Å². The van der Waals surface area contributed by atoms with Crippen molar-refractivity contribution in [2.45, 2.75) is 45.7 Å². The van der Waals surface area contributed by atoms with Crippen molar-refractivity contribution in [1.29, 1.82) is 0 Å². The molecule has 0 aliphatic carbocycles. The van der Waals surface area contributed by atoms with Gasteiger partial charge < -0.3 is 10.2 Å². The van der Waals surface area contributed by atoms with Crippen molar-refractivity contribution in [3.8, 4) is 0 Å². The molecule has 0 spiro atoms. The van der Waals surface area contributed by atoms with Crippen molar-refractivity contribution in [3.05, 3.63) is 29.3 Å². The van der Waals surface area contributed by atoms with Gasteiger partial charge in [-0.2, -0.15) is 0 Å². The summed E-state index contributed by atoms with van der Waals surface area (Å²) in [6, 6.07) is 3.29. The Morgan fingerprint density at radius 1 is 1.16 bits per heavy atom. The minimum absolute atomic E-state index is 0.228. The van der Waals surface area contributed by atoms with Gasteiger partial charge in [-0.3, -0.25) is 0 Å². The monoisotopic (exact) mass is 268 g/mol. The standard InChI is InChI=1S/C15H22F2N2/c1-10(2)19-6-4-12(5-7-19)18-15-9-13(16)11(3)8-14(15)17/h8-10,12,18H,4-7H2,1-3H3. The summed E-state index contributed by atoms with van der Waals surface area (Å²) in [6.07, 6.45) is 1.93. The maximum absolute atomic E-state index is 13.8. The van der Waals surface area contributed by atoms with Gasteiger partial charge in [0.15, 0.2) is 0 Å². The molecule has 4 heteroatoms. The topological polar surface area (TPSA) is 15.3 Å².